The molecule has 0 spiro atoms. The van der Waals surface area contributed by atoms with Gasteiger partial charge in [0.05, 0.1) is 24.7 Å². The van der Waals surface area contributed by atoms with Crippen molar-refractivity contribution in [3.05, 3.63) is 47.5 Å². The van der Waals surface area contributed by atoms with Crippen LogP contribution in [0, 0.1) is 0 Å². The molecule has 29 heavy (non-hydrogen) atoms. The first kappa shape index (κ1) is 22.5. The van der Waals surface area contributed by atoms with Crippen molar-refractivity contribution < 1.29 is 27.8 Å². The van der Waals surface area contributed by atoms with E-state index in [1.807, 2.05) is 13.0 Å². The number of anilines is 1. The van der Waals surface area contributed by atoms with Crippen molar-refractivity contribution >= 4 is 21.7 Å². The van der Waals surface area contributed by atoms with Crippen molar-refractivity contribution in [1.82, 2.24) is 4.72 Å². The highest BCUT2D eigenvalue weighted by molar-refractivity contribution is 7.89. The Balaban J connectivity index is 2.11. The Labute approximate surface area is 170 Å². The second-order valence-corrected chi connectivity index (χ2v) is 8.04. The van der Waals surface area contributed by atoms with Gasteiger partial charge in [0.1, 0.15) is 0 Å². The summed E-state index contributed by atoms with van der Waals surface area (Å²) in [5.74, 6) is -0.0325. The lowest BCUT2D eigenvalue weighted by Crippen LogP contribution is -2.26. The number of carboxylic acids is 1. The quantitative estimate of drug-likeness (QED) is 0.510. The first-order valence-corrected chi connectivity index (χ1v) is 10.6. The average molecular weight is 423 g/mol. The number of sulfonamides is 1. The molecular formula is C20H26N2O6S. The van der Waals surface area contributed by atoms with E-state index in [1.165, 1.54) is 25.3 Å². The minimum Gasteiger partial charge on any atom is -0.493 e. The van der Waals surface area contributed by atoms with Crippen molar-refractivity contribution in [2.75, 3.05) is 32.6 Å². The molecule has 0 aliphatic heterocycles. The Morgan fingerprint density at radius 3 is 2.38 bits per heavy atom. The molecule has 0 aliphatic rings. The van der Waals surface area contributed by atoms with Crippen LogP contribution in [0.5, 0.6) is 11.5 Å². The first-order valence-electron chi connectivity index (χ1n) is 9.14. The van der Waals surface area contributed by atoms with E-state index in [2.05, 4.69) is 10.0 Å². The summed E-state index contributed by atoms with van der Waals surface area (Å²) < 4.78 is 38.1. The van der Waals surface area contributed by atoms with Crippen LogP contribution in [0.4, 0.5) is 5.69 Å². The van der Waals surface area contributed by atoms with Crippen molar-refractivity contribution in [2.45, 2.75) is 24.7 Å². The maximum Gasteiger partial charge on any atom is 0.337 e. The Hall–Kier alpha value is -2.78. The molecule has 2 aromatic carbocycles. The molecule has 0 amide bonds. The van der Waals surface area contributed by atoms with Crippen molar-refractivity contribution in [3.63, 3.8) is 0 Å². The molecule has 2 aromatic rings. The van der Waals surface area contributed by atoms with Crippen LogP contribution in [-0.2, 0) is 16.4 Å². The molecule has 0 aliphatic carbocycles. The van der Waals surface area contributed by atoms with E-state index in [0.29, 0.717) is 30.2 Å². The fourth-order valence-corrected chi connectivity index (χ4v) is 3.79. The molecule has 0 saturated carbocycles. The normalized spacial score (nSPS) is 11.1. The van der Waals surface area contributed by atoms with E-state index < -0.39 is 16.0 Å². The zero-order chi connectivity index (χ0) is 21.4. The van der Waals surface area contributed by atoms with Crippen molar-refractivity contribution in [1.29, 1.82) is 0 Å². The second-order valence-electron chi connectivity index (χ2n) is 6.28. The van der Waals surface area contributed by atoms with Crippen LogP contribution in [0.25, 0.3) is 0 Å². The highest BCUT2D eigenvalue weighted by atomic mass is 32.2. The SMILES string of the molecule is CCCNc1ccc(S(=O)(=O)NCCc2ccc(OC)c(OC)c2)cc1C(=O)O. The summed E-state index contributed by atoms with van der Waals surface area (Å²) >= 11 is 0. The number of aromatic carboxylic acids is 1. The fourth-order valence-electron chi connectivity index (χ4n) is 2.73. The topological polar surface area (TPSA) is 114 Å². The summed E-state index contributed by atoms with van der Waals surface area (Å²) in [5, 5.41) is 12.4. The molecule has 0 radical (unpaired) electrons. The van der Waals surface area contributed by atoms with Gasteiger partial charge < -0.3 is 19.9 Å². The summed E-state index contributed by atoms with van der Waals surface area (Å²) in [6.07, 6.45) is 1.25. The van der Waals surface area contributed by atoms with Gasteiger partial charge in [-0.15, -0.1) is 0 Å². The number of carboxylic acid groups (broad SMARTS) is 1. The Morgan fingerprint density at radius 2 is 1.76 bits per heavy atom. The third-order valence-corrected chi connectivity index (χ3v) is 5.71. The highest BCUT2D eigenvalue weighted by Crippen LogP contribution is 2.27. The maximum absolute atomic E-state index is 12.6. The van der Waals surface area contributed by atoms with Gasteiger partial charge >= 0.3 is 5.97 Å². The lowest BCUT2D eigenvalue weighted by Gasteiger charge is -2.12. The zero-order valence-corrected chi connectivity index (χ0v) is 17.5. The standard InChI is InChI=1S/C20H26N2O6S/c1-4-10-21-17-7-6-15(13-16(17)20(23)24)29(25,26)22-11-9-14-5-8-18(27-2)19(12-14)28-3/h5-8,12-13,21-22H,4,9-11H2,1-3H3,(H,23,24). The van der Waals surface area contributed by atoms with E-state index in [4.69, 9.17) is 9.47 Å². The number of methoxy groups -OCH3 is 2. The van der Waals surface area contributed by atoms with Gasteiger partial charge in [-0.25, -0.2) is 17.9 Å². The van der Waals surface area contributed by atoms with E-state index in [1.54, 1.807) is 19.2 Å². The molecule has 8 nitrogen and oxygen atoms in total. The molecule has 2 rings (SSSR count). The number of benzene rings is 2. The number of nitrogens with one attached hydrogen (secondary N) is 2. The third-order valence-electron chi connectivity index (χ3n) is 4.25. The molecule has 0 heterocycles. The van der Waals surface area contributed by atoms with Gasteiger partial charge in [0.2, 0.25) is 10.0 Å². The summed E-state index contributed by atoms with van der Waals surface area (Å²) in [6.45, 7) is 2.70. The Morgan fingerprint density at radius 1 is 1.03 bits per heavy atom. The molecule has 0 aromatic heterocycles. The van der Waals surface area contributed by atoms with Crippen LogP contribution < -0.4 is 19.5 Å². The molecule has 0 unspecified atom stereocenters. The van der Waals surface area contributed by atoms with Gasteiger partial charge in [-0.05, 0) is 48.7 Å². The third kappa shape index (κ3) is 5.85. The second kappa shape index (κ2) is 10.1. The van der Waals surface area contributed by atoms with Crippen LogP contribution in [0.2, 0.25) is 0 Å². The number of ether oxygens (including phenoxy) is 2. The van der Waals surface area contributed by atoms with Gasteiger partial charge in [0.15, 0.2) is 11.5 Å². The molecular weight excluding hydrogens is 396 g/mol. The number of hydrogen-bond acceptors (Lipinski definition) is 6. The molecule has 3 N–H and O–H groups in total. The number of carbonyl (C=O) groups is 1. The number of hydrogen-bond donors (Lipinski definition) is 3. The van der Waals surface area contributed by atoms with E-state index in [-0.39, 0.29) is 17.0 Å². The van der Waals surface area contributed by atoms with Crippen LogP contribution in [0.1, 0.15) is 29.3 Å². The summed E-state index contributed by atoms with van der Waals surface area (Å²) in [5.41, 5.74) is 1.18. The minimum absolute atomic E-state index is 0.0822. The minimum atomic E-state index is -3.85. The zero-order valence-electron chi connectivity index (χ0n) is 16.7. The lowest BCUT2D eigenvalue weighted by molar-refractivity contribution is 0.0697. The van der Waals surface area contributed by atoms with Gasteiger partial charge in [0.25, 0.3) is 0 Å². The van der Waals surface area contributed by atoms with Crippen LogP contribution in [0.3, 0.4) is 0 Å². The Bertz CT molecular complexity index is 959. The first-order chi connectivity index (χ1) is 13.8. The average Bonchev–Trinajstić information content (AvgIpc) is 2.71. The fraction of sp³-hybridized carbons (Fsp3) is 0.350. The maximum atomic E-state index is 12.6. The number of rotatable bonds is 11. The van der Waals surface area contributed by atoms with Crippen LogP contribution in [-0.4, -0.2) is 46.8 Å². The smallest absolute Gasteiger partial charge is 0.337 e. The van der Waals surface area contributed by atoms with Crippen molar-refractivity contribution in [3.8, 4) is 11.5 Å². The van der Waals surface area contributed by atoms with Gasteiger partial charge in [-0.1, -0.05) is 13.0 Å². The summed E-state index contributed by atoms with van der Waals surface area (Å²) in [7, 11) is -0.776. The molecule has 158 valence electrons. The predicted octanol–water partition coefficient (Wildman–Crippen LogP) is 2.74. The Kier molecular flexibility index (Phi) is 7.86. The summed E-state index contributed by atoms with van der Waals surface area (Å²) in [4.78, 5) is 11.4. The van der Waals surface area contributed by atoms with E-state index in [9.17, 15) is 18.3 Å². The molecule has 0 fully saturated rings. The highest BCUT2D eigenvalue weighted by Gasteiger charge is 2.18. The molecule has 0 saturated heterocycles. The molecule has 0 atom stereocenters. The van der Waals surface area contributed by atoms with Gasteiger partial charge in [0, 0.05) is 18.8 Å². The largest absolute Gasteiger partial charge is 0.493 e. The molecule has 0 bridgehead atoms. The van der Waals surface area contributed by atoms with E-state index in [0.717, 1.165) is 12.0 Å². The van der Waals surface area contributed by atoms with Crippen LogP contribution >= 0.6 is 0 Å². The predicted molar refractivity (Wildman–Crippen MR) is 111 cm³/mol. The van der Waals surface area contributed by atoms with Crippen molar-refractivity contribution in [2.24, 2.45) is 0 Å². The monoisotopic (exact) mass is 422 g/mol. The van der Waals surface area contributed by atoms with Gasteiger partial charge in [-0.3, -0.25) is 0 Å². The van der Waals surface area contributed by atoms with Gasteiger partial charge in [-0.2, -0.15) is 0 Å². The van der Waals surface area contributed by atoms with E-state index >= 15 is 0 Å². The summed E-state index contributed by atoms with van der Waals surface area (Å²) in [6, 6.07) is 9.39. The lowest BCUT2D eigenvalue weighted by atomic mass is 10.1. The molecule has 9 heteroatoms. The van der Waals surface area contributed by atoms with Crippen LogP contribution in [0.15, 0.2) is 41.3 Å².